The molecule has 3 heteroatoms. The van der Waals surface area contributed by atoms with E-state index in [1.807, 2.05) is 18.2 Å². The van der Waals surface area contributed by atoms with Crippen molar-refractivity contribution in [1.82, 2.24) is 4.98 Å². The van der Waals surface area contributed by atoms with Crippen LogP contribution < -0.4 is 5.32 Å². The van der Waals surface area contributed by atoms with Crippen LogP contribution in [0.3, 0.4) is 0 Å². The maximum Gasteiger partial charge on any atom is 0.140 e. The molecule has 1 N–H and O–H groups in total. The van der Waals surface area contributed by atoms with Gasteiger partial charge in [0.1, 0.15) is 5.82 Å². The van der Waals surface area contributed by atoms with E-state index in [4.69, 9.17) is 0 Å². The number of aromatic nitrogens is 1. The highest BCUT2D eigenvalue weighted by molar-refractivity contribution is 9.10. The molecule has 0 amide bonds. The third kappa shape index (κ3) is 3.30. The van der Waals surface area contributed by atoms with Crippen LogP contribution in [0.25, 0.3) is 0 Å². The smallest absolute Gasteiger partial charge is 0.140 e. The van der Waals surface area contributed by atoms with Gasteiger partial charge in [-0.25, -0.2) is 4.98 Å². The molecule has 88 valence electrons. The highest BCUT2D eigenvalue weighted by atomic mass is 79.9. The van der Waals surface area contributed by atoms with Crippen molar-refractivity contribution in [2.24, 2.45) is 0 Å². The molecule has 17 heavy (non-hydrogen) atoms. The minimum atomic E-state index is 0.463. The number of hydrogen-bond acceptors (Lipinski definition) is 2. The Morgan fingerprint density at radius 2 is 1.94 bits per heavy atom. The van der Waals surface area contributed by atoms with Crippen LogP contribution in [0.4, 0.5) is 5.82 Å². The van der Waals surface area contributed by atoms with Crippen molar-refractivity contribution in [2.75, 3.05) is 11.9 Å². The van der Waals surface area contributed by atoms with E-state index in [9.17, 15) is 0 Å². The van der Waals surface area contributed by atoms with E-state index < -0.39 is 0 Å². The molecule has 0 radical (unpaired) electrons. The van der Waals surface area contributed by atoms with Gasteiger partial charge in [-0.1, -0.05) is 37.3 Å². The molecule has 1 aromatic carbocycles. The Balaban J connectivity index is 1.97. The van der Waals surface area contributed by atoms with Crippen LogP contribution in [0.2, 0.25) is 0 Å². The van der Waals surface area contributed by atoms with Gasteiger partial charge in [0, 0.05) is 12.7 Å². The SMILES string of the molecule is CC(CNc1ncccc1Br)c1ccccc1. The largest absolute Gasteiger partial charge is 0.369 e. The van der Waals surface area contributed by atoms with E-state index in [1.165, 1.54) is 5.56 Å². The molecule has 2 nitrogen and oxygen atoms in total. The van der Waals surface area contributed by atoms with Crippen LogP contribution in [-0.2, 0) is 0 Å². The zero-order valence-electron chi connectivity index (χ0n) is 9.73. The number of anilines is 1. The number of benzene rings is 1. The Hall–Kier alpha value is -1.35. The summed E-state index contributed by atoms with van der Waals surface area (Å²) in [6.07, 6.45) is 1.79. The van der Waals surface area contributed by atoms with Crippen LogP contribution in [-0.4, -0.2) is 11.5 Å². The summed E-state index contributed by atoms with van der Waals surface area (Å²) in [7, 11) is 0. The second kappa shape index (κ2) is 5.82. The number of rotatable bonds is 4. The van der Waals surface area contributed by atoms with Crippen molar-refractivity contribution < 1.29 is 0 Å². The Labute approximate surface area is 110 Å². The maximum absolute atomic E-state index is 4.29. The molecule has 1 heterocycles. The van der Waals surface area contributed by atoms with Gasteiger partial charge in [0.25, 0.3) is 0 Å². The predicted molar refractivity (Wildman–Crippen MR) is 75.3 cm³/mol. The maximum atomic E-state index is 4.29. The third-order valence-electron chi connectivity index (χ3n) is 2.70. The summed E-state index contributed by atoms with van der Waals surface area (Å²) < 4.78 is 1.00. The third-order valence-corrected chi connectivity index (χ3v) is 3.34. The first kappa shape index (κ1) is 12.1. The monoisotopic (exact) mass is 290 g/mol. The molecule has 0 saturated carbocycles. The summed E-state index contributed by atoms with van der Waals surface area (Å²) in [5.74, 6) is 1.36. The summed E-state index contributed by atoms with van der Waals surface area (Å²) in [5, 5.41) is 3.35. The molecule has 0 bridgehead atoms. The van der Waals surface area contributed by atoms with E-state index in [-0.39, 0.29) is 0 Å². The normalized spacial score (nSPS) is 12.1. The van der Waals surface area contributed by atoms with Gasteiger partial charge in [0.05, 0.1) is 4.47 Å². The molecule has 1 aromatic heterocycles. The second-order valence-electron chi connectivity index (χ2n) is 4.03. The van der Waals surface area contributed by atoms with Gasteiger partial charge in [0.2, 0.25) is 0 Å². The molecule has 2 rings (SSSR count). The second-order valence-corrected chi connectivity index (χ2v) is 4.88. The van der Waals surface area contributed by atoms with Crippen molar-refractivity contribution in [3.63, 3.8) is 0 Å². The minimum Gasteiger partial charge on any atom is -0.369 e. The lowest BCUT2D eigenvalue weighted by Gasteiger charge is -2.14. The number of nitrogens with zero attached hydrogens (tertiary/aromatic N) is 1. The summed E-state index contributed by atoms with van der Waals surface area (Å²) in [5.41, 5.74) is 1.34. The fraction of sp³-hybridized carbons (Fsp3) is 0.214. The molecule has 0 aliphatic heterocycles. The first-order chi connectivity index (χ1) is 8.27. The van der Waals surface area contributed by atoms with E-state index in [1.54, 1.807) is 6.20 Å². The Morgan fingerprint density at radius 3 is 2.65 bits per heavy atom. The van der Waals surface area contributed by atoms with E-state index in [2.05, 4.69) is 57.4 Å². The molecule has 0 fully saturated rings. The van der Waals surface area contributed by atoms with Crippen molar-refractivity contribution in [3.05, 3.63) is 58.7 Å². The lowest BCUT2D eigenvalue weighted by Crippen LogP contribution is -2.11. The molecule has 0 aliphatic rings. The fourth-order valence-corrected chi connectivity index (χ4v) is 2.06. The molecule has 0 spiro atoms. The summed E-state index contributed by atoms with van der Waals surface area (Å²) in [6, 6.07) is 14.4. The van der Waals surface area contributed by atoms with Crippen LogP contribution >= 0.6 is 15.9 Å². The zero-order valence-corrected chi connectivity index (χ0v) is 11.3. The van der Waals surface area contributed by atoms with Gasteiger partial charge in [-0.05, 0) is 39.5 Å². The Kier molecular flexibility index (Phi) is 4.15. The predicted octanol–water partition coefficient (Wildman–Crippen LogP) is 4.06. The van der Waals surface area contributed by atoms with Crippen molar-refractivity contribution in [3.8, 4) is 0 Å². The van der Waals surface area contributed by atoms with Crippen LogP contribution in [0.15, 0.2) is 53.1 Å². The number of halogens is 1. The molecular weight excluding hydrogens is 276 g/mol. The fourth-order valence-electron chi connectivity index (χ4n) is 1.66. The van der Waals surface area contributed by atoms with Gasteiger partial charge in [-0.15, -0.1) is 0 Å². The lowest BCUT2D eigenvalue weighted by atomic mass is 10.0. The quantitative estimate of drug-likeness (QED) is 0.919. The molecule has 2 aromatic rings. The van der Waals surface area contributed by atoms with Gasteiger partial charge < -0.3 is 5.32 Å². The standard InChI is InChI=1S/C14H15BrN2/c1-11(12-6-3-2-4-7-12)10-17-14-13(15)8-5-9-16-14/h2-9,11H,10H2,1H3,(H,16,17). The Bertz CT molecular complexity index is 471. The first-order valence-corrected chi connectivity index (χ1v) is 6.46. The number of nitrogens with one attached hydrogen (secondary N) is 1. The van der Waals surface area contributed by atoms with Gasteiger partial charge >= 0.3 is 0 Å². The van der Waals surface area contributed by atoms with E-state index >= 15 is 0 Å². The minimum absolute atomic E-state index is 0.463. The van der Waals surface area contributed by atoms with E-state index in [0.717, 1.165) is 16.8 Å². The zero-order chi connectivity index (χ0) is 12.1. The Morgan fingerprint density at radius 1 is 1.18 bits per heavy atom. The van der Waals surface area contributed by atoms with Crippen molar-refractivity contribution in [1.29, 1.82) is 0 Å². The number of pyridine rings is 1. The van der Waals surface area contributed by atoms with Crippen molar-refractivity contribution in [2.45, 2.75) is 12.8 Å². The number of hydrogen-bond donors (Lipinski definition) is 1. The molecule has 0 saturated heterocycles. The van der Waals surface area contributed by atoms with Crippen molar-refractivity contribution >= 4 is 21.7 Å². The van der Waals surface area contributed by atoms with Gasteiger partial charge in [-0.3, -0.25) is 0 Å². The first-order valence-electron chi connectivity index (χ1n) is 5.66. The molecule has 0 aliphatic carbocycles. The lowest BCUT2D eigenvalue weighted by molar-refractivity contribution is 0.801. The van der Waals surface area contributed by atoms with Crippen LogP contribution in [0.1, 0.15) is 18.4 Å². The average Bonchev–Trinajstić information content (AvgIpc) is 2.38. The van der Waals surface area contributed by atoms with Crippen LogP contribution in [0, 0.1) is 0 Å². The van der Waals surface area contributed by atoms with Gasteiger partial charge in [0.15, 0.2) is 0 Å². The summed E-state index contributed by atoms with van der Waals surface area (Å²) in [6.45, 7) is 3.08. The topological polar surface area (TPSA) is 24.9 Å². The highest BCUT2D eigenvalue weighted by Gasteiger charge is 2.06. The van der Waals surface area contributed by atoms with Gasteiger partial charge in [-0.2, -0.15) is 0 Å². The molecule has 1 atom stereocenters. The molecule has 1 unspecified atom stereocenters. The van der Waals surface area contributed by atoms with Crippen LogP contribution in [0.5, 0.6) is 0 Å². The molecular formula is C14H15BrN2. The van der Waals surface area contributed by atoms with E-state index in [0.29, 0.717) is 5.92 Å². The highest BCUT2D eigenvalue weighted by Crippen LogP contribution is 2.20. The average molecular weight is 291 g/mol. The summed E-state index contributed by atoms with van der Waals surface area (Å²) >= 11 is 3.48. The summed E-state index contributed by atoms with van der Waals surface area (Å²) in [4.78, 5) is 4.29.